The zero-order valence-electron chi connectivity index (χ0n) is 22.1. The summed E-state index contributed by atoms with van der Waals surface area (Å²) in [6, 6.07) is 22.1. The Morgan fingerprint density at radius 2 is 1.49 bits per heavy atom. The van der Waals surface area contributed by atoms with Gasteiger partial charge in [-0.1, -0.05) is 108 Å². The van der Waals surface area contributed by atoms with Gasteiger partial charge in [0.2, 0.25) is 0 Å². The van der Waals surface area contributed by atoms with E-state index in [1.807, 2.05) is 61.5 Å². The molecular weight excluding hydrogens is 432 g/mol. The van der Waals surface area contributed by atoms with Crippen molar-refractivity contribution in [3.63, 3.8) is 0 Å². The van der Waals surface area contributed by atoms with Crippen LogP contribution in [0.25, 0.3) is 0 Å². The van der Waals surface area contributed by atoms with Crippen LogP contribution in [-0.4, -0.2) is 11.1 Å². The van der Waals surface area contributed by atoms with Gasteiger partial charge in [0.25, 0.3) is 0 Å². The van der Waals surface area contributed by atoms with Crippen LogP contribution in [0.4, 0.5) is 0 Å². The van der Waals surface area contributed by atoms with Gasteiger partial charge < -0.3 is 9.84 Å². The van der Waals surface area contributed by atoms with E-state index in [9.17, 15) is 9.90 Å². The first kappa shape index (κ1) is 25.2. The van der Waals surface area contributed by atoms with E-state index in [0.717, 1.165) is 22.3 Å². The third-order valence-electron chi connectivity index (χ3n) is 7.83. The highest BCUT2D eigenvalue weighted by atomic mass is 16.5. The molecule has 184 valence electrons. The van der Waals surface area contributed by atoms with Crippen LogP contribution in [0, 0.1) is 0 Å². The zero-order chi connectivity index (χ0) is 25.5. The molecule has 3 aromatic carbocycles. The van der Waals surface area contributed by atoms with Gasteiger partial charge in [0.05, 0.1) is 5.92 Å². The number of hydrogen-bond donors (Lipinski definition) is 1. The number of hydrogen-bond acceptors (Lipinski definition) is 3. The third kappa shape index (κ3) is 4.21. The summed E-state index contributed by atoms with van der Waals surface area (Å²) in [5.74, 6) is 0.202. The number of ether oxygens (including phenoxy) is 1. The number of carbonyl (C=O) groups is 1. The van der Waals surface area contributed by atoms with Crippen LogP contribution < -0.4 is 0 Å². The second kappa shape index (κ2) is 9.28. The lowest BCUT2D eigenvalue weighted by Gasteiger charge is -2.56. The Morgan fingerprint density at radius 1 is 0.857 bits per heavy atom. The molecule has 0 bridgehead atoms. The molecule has 35 heavy (non-hydrogen) atoms. The van der Waals surface area contributed by atoms with Crippen molar-refractivity contribution in [2.24, 2.45) is 0 Å². The number of fused-ring (bicyclic) bond motifs is 1. The lowest BCUT2D eigenvalue weighted by atomic mass is 9.50. The largest absolute Gasteiger partial charge is 0.460 e. The molecule has 0 aliphatic heterocycles. The summed E-state index contributed by atoms with van der Waals surface area (Å²) >= 11 is 0. The summed E-state index contributed by atoms with van der Waals surface area (Å²) in [5.41, 5.74) is 6.10. The van der Waals surface area contributed by atoms with Crippen LogP contribution in [0.1, 0.15) is 105 Å². The minimum atomic E-state index is -1.06. The molecule has 3 heteroatoms. The van der Waals surface area contributed by atoms with E-state index in [-0.39, 0.29) is 18.5 Å². The Kier molecular flexibility index (Phi) is 6.68. The second-order valence-corrected chi connectivity index (χ2v) is 11.1. The van der Waals surface area contributed by atoms with Gasteiger partial charge in [0.1, 0.15) is 12.2 Å². The average Bonchev–Trinajstić information content (AvgIpc) is 2.86. The van der Waals surface area contributed by atoms with Crippen molar-refractivity contribution in [1.29, 1.82) is 0 Å². The summed E-state index contributed by atoms with van der Waals surface area (Å²) < 4.78 is 5.59. The molecule has 1 aliphatic carbocycles. The minimum Gasteiger partial charge on any atom is -0.460 e. The molecule has 0 heterocycles. The highest BCUT2D eigenvalue weighted by molar-refractivity contribution is 5.77. The highest BCUT2D eigenvalue weighted by Crippen LogP contribution is 2.60. The Balaban J connectivity index is 1.57. The van der Waals surface area contributed by atoms with Crippen molar-refractivity contribution < 1.29 is 14.6 Å². The Labute approximate surface area is 210 Å². The van der Waals surface area contributed by atoms with E-state index >= 15 is 0 Å². The quantitative estimate of drug-likeness (QED) is 0.368. The van der Waals surface area contributed by atoms with Crippen LogP contribution in [0.15, 0.2) is 66.7 Å². The van der Waals surface area contributed by atoms with Gasteiger partial charge in [-0.3, -0.25) is 4.79 Å². The van der Waals surface area contributed by atoms with Crippen molar-refractivity contribution in [3.05, 3.63) is 106 Å². The highest BCUT2D eigenvalue weighted by Gasteiger charge is 2.59. The van der Waals surface area contributed by atoms with Crippen molar-refractivity contribution in [2.45, 2.75) is 83.8 Å². The molecular formula is C32H38O3. The fraction of sp³-hybridized carbons (Fsp3) is 0.406. The molecule has 4 rings (SSSR count). The van der Waals surface area contributed by atoms with Crippen molar-refractivity contribution in [1.82, 2.24) is 0 Å². The van der Waals surface area contributed by atoms with Crippen LogP contribution in [-0.2, 0) is 27.2 Å². The normalized spacial score (nSPS) is 19.3. The number of aliphatic hydroxyl groups is 1. The maximum absolute atomic E-state index is 12.5. The first-order valence-electron chi connectivity index (χ1n) is 12.7. The van der Waals surface area contributed by atoms with E-state index in [2.05, 4.69) is 53.7 Å². The predicted molar refractivity (Wildman–Crippen MR) is 142 cm³/mol. The Morgan fingerprint density at radius 3 is 2.06 bits per heavy atom. The van der Waals surface area contributed by atoms with Crippen molar-refractivity contribution >= 4 is 5.97 Å². The zero-order valence-corrected chi connectivity index (χ0v) is 22.1. The maximum Gasteiger partial charge on any atom is 0.313 e. The van der Waals surface area contributed by atoms with Gasteiger partial charge in [0, 0.05) is 5.41 Å². The summed E-state index contributed by atoms with van der Waals surface area (Å²) in [7, 11) is 0. The summed E-state index contributed by atoms with van der Waals surface area (Å²) in [5, 5.41) is 12.1. The van der Waals surface area contributed by atoms with Crippen molar-refractivity contribution in [2.75, 3.05) is 0 Å². The van der Waals surface area contributed by atoms with Gasteiger partial charge in [-0.15, -0.1) is 0 Å². The SMILES string of the molecule is CC(C)c1cc(C(C)C)c2c(c1)C(C)(C)C2(O)c1ccc(COC(=O)[C@H](C)c2ccccc2)cc1. The average molecular weight is 471 g/mol. The molecule has 0 amide bonds. The van der Waals surface area contributed by atoms with Gasteiger partial charge in [-0.2, -0.15) is 0 Å². The monoisotopic (exact) mass is 470 g/mol. The molecule has 0 aromatic heterocycles. The third-order valence-corrected chi connectivity index (χ3v) is 7.83. The first-order valence-corrected chi connectivity index (χ1v) is 12.7. The predicted octanol–water partition coefficient (Wildman–Crippen LogP) is 7.31. The molecule has 2 atom stereocenters. The van der Waals surface area contributed by atoms with E-state index in [1.54, 1.807) is 0 Å². The number of benzene rings is 3. The molecule has 1 aliphatic rings. The molecule has 0 radical (unpaired) electrons. The van der Waals surface area contributed by atoms with Gasteiger partial charge in [-0.05, 0) is 57.7 Å². The number of carbonyl (C=O) groups excluding carboxylic acids is 1. The van der Waals surface area contributed by atoms with E-state index in [0.29, 0.717) is 11.8 Å². The summed E-state index contributed by atoms with van der Waals surface area (Å²) in [6.07, 6.45) is 0. The molecule has 3 aromatic rings. The Bertz CT molecular complexity index is 1190. The van der Waals surface area contributed by atoms with Crippen LogP contribution in [0.3, 0.4) is 0 Å². The molecule has 0 saturated carbocycles. The topological polar surface area (TPSA) is 46.5 Å². The van der Waals surface area contributed by atoms with Gasteiger partial charge in [-0.25, -0.2) is 0 Å². The summed E-state index contributed by atoms with van der Waals surface area (Å²) in [6.45, 7) is 15.2. The maximum atomic E-state index is 12.5. The lowest BCUT2D eigenvalue weighted by Crippen LogP contribution is -2.56. The molecule has 0 spiro atoms. The van der Waals surface area contributed by atoms with E-state index in [4.69, 9.17) is 4.74 Å². The lowest BCUT2D eigenvalue weighted by molar-refractivity contribution is -0.146. The van der Waals surface area contributed by atoms with Crippen molar-refractivity contribution in [3.8, 4) is 0 Å². The first-order chi connectivity index (χ1) is 16.5. The molecule has 3 nitrogen and oxygen atoms in total. The van der Waals surface area contributed by atoms with Crippen LogP contribution >= 0.6 is 0 Å². The fourth-order valence-electron chi connectivity index (χ4n) is 5.32. The molecule has 0 saturated heterocycles. The Hall–Kier alpha value is -2.91. The second-order valence-electron chi connectivity index (χ2n) is 11.1. The number of esters is 1. The minimum absolute atomic E-state index is 0.212. The molecule has 1 N–H and O–H groups in total. The smallest absolute Gasteiger partial charge is 0.313 e. The molecule has 1 unspecified atom stereocenters. The van der Waals surface area contributed by atoms with E-state index < -0.39 is 11.0 Å². The van der Waals surface area contributed by atoms with Crippen LogP contribution in [0.2, 0.25) is 0 Å². The van der Waals surface area contributed by atoms with E-state index in [1.165, 1.54) is 16.7 Å². The van der Waals surface area contributed by atoms with Gasteiger partial charge >= 0.3 is 5.97 Å². The standard InChI is InChI=1S/C32H38O3/c1-20(2)25-17-27(21(3)4)29-28(18-25)31(6,7)32(29,34)26-15-13-23(14-16-26)19-35-30(33)22(5)24-11-9-8-10-12-24/h8-18,20-22,34H,19H2,1-7H3/t22-,32?/m1/s1. The molecule has 0 fully saturated rings. The fourth-order valence-corrected chi connectivity index (χ4v) is 5.32. The number of rotatable bonds is 7. The van der Waals surface area contributed by atoms with Gasteiger partial charge in [0.15, 0.2) is 0 Å². The van der Waals surface area contributed by atoms with Crippen LogP contribution in [0.5, 0.6) is 0 Å². The summed E-state index contributed by atoms with van der Waals surface area (Å²) in [4.78, 5) is 12.5.